The first-order valence-electron chi connectivity index (χ1n) is 9.44. The molecule has 0 aliphatic carbocycles. The quantitative estimate of drug-likeness (QED) is 0.345. The Morgan fingerprint density at radius 1 is 1.17 bits per heavy atom. The highest BCUT2D eigenvalue weighted by atomic mass is 35.5. The third-order valence-electron chi connectivity index (χ3n) is 4.90. The molecule has 0 saturated heterocycles. The number of imidazole rings is 1. The van der Waals surface area contributed by atoms with E-state index in [4.69, 9.17) is 16.6 Å². The molecule has 0 unspecified atom stereocenters. The number of hydrogen-bond donors (Lipinski definition) is 1. The second-order valence-corrected chi connectivity index (χ2v) is 9.31. The third-order valence-corrected chi connectivity index (χ3v) is 6.98. The summed E-state index contributed by atoms with van der Waals surface area (Å²) in [6, 6.07) is 13.7. The van der Waals surface area contributed by atoms with E-state index in [1.807, 2.05) is 55.6 Å². The number of thiazole rings is 2. The highest BCUT2D eigenvalue weighted by Crippen LogP contribution is 2.28. The number of fused-ring (bicyclic) bond motifs is 2. The summed E-state index contributed by atoms with van der Waals surface area (Å²) in [7, 11) is 0. The Hall–Kier alpha value is -2.74. The number of halogens is 1. The normalized spacial score (nSPS) is 11.4. The van der Waals surface area contributed by atoms with Crippen molar-refractivity contribution in [2.75, 3.05) is 5.32 Å². The van der Waals surface area contributed by atoms with Gasteiger partial charge in [0.15, 0.2) is 10.1 Å². The Kier molecular flexibility index (Phi) is 5.02. The van der Waals surface area contributed by atoms with Gasteiger partial charge in [0.1, 0.15) is 0 Å². The second kappa shape index (κ2) is 7.83. The Morgan fingerprint density at radius 2 is 2.00 bits per heavy atom. The van der Waals surface area contributed by atoms with Gasteiger partial charge in [-0.25, -0.2) is 9.97 Å². The molecule has 0 bridgehead atoms. The zero-order valence-electron chi connectivity index (χ0n) is 16.1. The number of aromatic nitrogens is 3. The molecule has 8 heteroatoms. The largest absolute Gasteiger partial charge is 0.302 e. The van der Waals surface area contributed by atoms with Crippen LogP contribution in [-0.4, -0.2) is 20.3 Å². The summed E-state index contributed by atoms with van der Waals surface area (Å²) >= 11 is 9.05. The monoisotopic (exact) mass is 452 g/mol. The number of para-hydroxylation sites is 1. The maximum absolute atomic E-state index is 12.5. The maximum atomic E-state index is 12.5. The molecule has 3 aromatic heterocycles. The molecular weight excluding hydrogens is 436 g/mol. The van der Waals surface area contributed by atoms with Crippen molar-refractivity contribution in [3.63, 3.8) is 0 Å². The molecule has 0 aliphatic heterocycles. The van der Waals surface area contributed by atoms with Gasteiger partial charge in [0.2, 0.25) is 5.91 Å². The van der Waals surface area contributed by atoms with Crippen molar-refractivity contribution in [3.8, 4) is 11.3 Å². The van der Waals surface area contributed by atoms with E-state index in [0.29, 0.717) is 23.0 Å². The van der Waals surface area contributed by atoms with E-state index in [2.05, 4.69) is 20.1 Å². The van der Waals surface area contributed by atoms with E-state index in [1.165, 1.54) is 11.3 Å². The Bertz CT molecular complexity index is 1370. The molecule has 0 atom stereocenters. The van der Waals surface area contributed by atoms with E-state index >= 15 is 0 Å². The average Bonchev–Trinajstić information content (AvgIpc) is 3.42. The molecule has 0 radical (unpaired) electrons. The van der Waals surface area contributed by atoms with Gasteiger partial charge in [-0.3, -0.25) is 9.20 Å². The molecule has 0 saturated carbocycles. The lowest BCUT2D eigenvalue weighted by Gasteiger charge is -2.01. The highest BCUT2D eigenvalue weighted by Gasteiger charge is 2.13. The van der Waals surface area contributed by atoms with E-state index in [0.717, 1.165) is 37.7 Å². The Balaban J connectivity index is 1.29. The van der Waals surface area contributed by atoms with Crippen molar-refractivity contribution in [1.29, 1.82) is 0 Å². The van der Waals surface area contributed by atoms with Crippen molar-refractivity contribution in [2.24, 2.45) is 0 Å². The predicted molar refractivity (Wildman–Crippen MR) is 125 cm³/mol. The average molecular weight is 453 g/mol. The fourth-order valence-corrected chi connectivity index (χ4v) is 5.33. The molecule has 0 aliphatic rings. The van der Waals surface area contributed by atoms with Crippen LogP contribution in [0.4, 0.5) is 5.13 Å². The van der Waals surface area contributed by atoms with E-state index in [-0.39, 0.29) is 5.91 Å². The van der Waals surface area contributed by atoms with Crippen LogP contribution in [0.25, 0.3) is 26.4 Å². The maximum Gasteiger partial charge on any atom is 0.226 e. The molecule has 2 aromatic carbocycles. The number of anilines is 1. The fraction of sp³-hybridized carbons (Fsp3) is 0.136. The Morgan fingerprint density at radius 3 is 2.80 bits per heavy atom. The number of carbonyl (C=O) groups excluding carboxylic acids is 1. The molecule has 0 fully saturated rings. The minimum atomic E-state index is -0.0379. The summed E-state index contributed by atoms with van der Waals surface area (Å²) in [6.45, 7) is 2.03. The lowest BCUT2D eigenvalue weighted by Crippen LogP contribution is -2.12. The zero-order chi connectivity index (χ0) is 20.7. The number of nitrogens with zero attached hydrogens (tertiary/aromatic N) is 3. The highest BCUT2D eigenvalue weighted by molar-refractivity contribution is 7.22. The first-order valence-corrected chi connectivity index (χ1v) is 11.5. The summed E-state index contributed by atoms with van der Waals surface area (Å²) < 4.78 is 3.14. The molecule has 0 spiro atoms. The van der Waals surface area contributed by atoms with Gasteiger partial charge >= 0.3 is 0 Å². The zero-order valence-corrected chi connectivity index (χ0v) is 18.4. The van der Waals surface area contributed by atoms with Gasteiger partial charge in [-0.15, -0.1) is 11.3 Å². The summed E-state index contributed by atoms with van der Waals surface area (Å²) in [4.78, 5) is 22.6. The van der Waals surface area contributed by atoms with Gasteiger partial charge in [-0.05, 0) is 37.1 Å². The summed E-state index contributed by atoms with van der Waals surface area (Å²) in [6.07, 6.45) is 3.03. The van der Waals surface area contributed by atoms with Crippen molar-refractivity contribution < 1.29 is 4.79 Å². The lowest BCUT2D eigenvalue weighted by atomic mass is 10.2. The van der Waals surface area contributed by atoms with Crippen LogP contribution in [0.1, 0.15) is 17.7 Å². The van der Waals surface area contributed by atoms with Crippen LogP contribution in [0.15, 0.2) is 54.0 Å². The van der Waals surface area contributed by atoms with Crippen molar-refractivity contribution >= 4 is 60.5 Å². The predicted octanol–water partition coefficient (Wildman–Crippen LogP) is 6.21. The minimum Gasteiger partial charge on any atom is -0.302 e. The van der Waals surface area contributed by atoms with Crippen molar-refractivity contribution in [1.82, 2.24) is 14.4 Å². The van der Waals surface area contributed by atoms with E-state index in [9.17, 15) is 4.79 Å². The van der Waals surface area contributed by atoms with E-state index < -0.39 is 0 Å². The summed E-state index contributed by atoms with van der Waals surface area (Å²) in [5, 5.41) is 6.35. The van der Waals surface area contributed by atoms with Crippen molar-refractivity contribution in [2.45, 2.75) is 19.8 Å². The van der Waals surface area contributed by atoms with Crippen LogP contribution >= 0.6 is 34.3 Å². The number of hydrogen-bond acceptors (Lipinski definition) is 5. The third kappa shape index (κ3) is 3.71. The van der Waals surface area contributed by atoms with E-state index in [1.54, 1.807) is 11.3 Å². The molecule has 30 heavy (non-hydrogen) atoms. The van der Waals surface area contributed by atoms with Crippen LogP contribution in [-0.2, 0) is 11.2 Å². The first kappa shape index (κ1) is 19.2. The molecule has 5 aromatic rings. The summed E-state index contributed by atoms with van der Waals surface area (Å²) in [5.74, 6) is -0.0379. The number of amides is 1. The Labute approximate surface area is 186 Å². The second-order valence-electron chi connectivity index (χ2n) is 7.00. The lowest BCUT2D eigenvalue weighted by molar-refractivity contribution is -0.116. The van der Waals surface area contributed by atoms with Gasteiger partial charge in [0.05, 0.1) is 15.9 Å². The van der Waals surface area contributed by atoms with Gasteiger partial charge in [-0.1, -0.05) is 47.2 Å². The van der Waals surface area contributed by atoms with Gasteiger partial charge in [0.25, 0.3) is 0 Å². The van der Waals surface area contributed by atoms with Gasteiger partial charge < -0.3 is 5.32 Å². The van der Waals surface area contributed by atoms with Gasteiger partial charge in [0, 0.05) is 34.3 Å². The first-order chi connectivity index (χ1) is 14.6. The molecule has 1 N–H and O–H groups in total. The molecule has 5 rings (SSSR count). The fourth-order valence-electron chi connectivity index (χ4n) is 3.33. The van der Waals surface area contributed by atoms with Crippen LogP contribution in [0.3, 0.4) is 0 Å². The molecule has 5 nitrogen and oxygen atoms in total. The number of carbonyl (C=O) groups is 1. The topological polar surface area (TPSA) is 59.3 Å². The minimum absolute atomic E-state index is 0.0379. The number of benzene rings is 2. The number of nitrogens with one attached hydrogen (secondary N) is 1. The SMILES string of the molecule is Cc1cccc2sc(NC(=O)CCc3csc4nc(-c5ccc(Cl)cc5)cn34)nc12. The smallest absolute Gasteiger partial charge is 0.226 e. The van der Waals surface area contributed by atoms with Crippen LogP contribution in [0.5, 0.6) is 0 Å². The molecule has 1 amide bonds. The van der Waals surface area contributed by atoms with Crippen molar-refractivity contribution in [3.05, 3.63) is 70.3 Å². The molecule has 150 valence electrons. The van der Waals surface area contributed by atoms with Crippen LogP contribution < -0.4 is 5.32 Å². The number of aryl methyl sites for hydroxylation is 2. The van der Waals surface area contributed by atoms with Crippen LogP contribution in [0.2, 0.25) is 5.02 Å². The van der Waals surface area contributed by atoms with Gasteiger partial charge in [-0.2, -0.15) is 0 Å². The molecular formula is C22H17ClN4OS2. The van der Waals surface area contributed by atoms with Crippen LogP contribution in [0, 0.1) is 6.92 Å². The molecule has 3 heterocycles. The number of rotatable bonds is 5. The summed E-state index contributed by atoms with van der Waals surface area (Å²) in [5.41, 5.74) is 5.05. The standard InChI is InChI=1S/C22H17ClN4OS2/c1-13-3-2-4-18-20(13)26-21(30-18)25-19(28)10-9-16-12-29-22-24-17(11-27(16)22)14-5-7-15(23)8-6-14/h2-8,11-12H,9-10H2,1H3,(H,25,26,28).